The van der Waals surface area contributed by atoms with Crippen LogP contribution in [0, 0.1) is 5.92 Å². The quantitative estimate of drug-likeness (QED) is 0.614. The first-order valence-corrected chi connectivity index (χ1v) is 6.62. The smallest absolute Gasteiger partial charge is 0.319 e. The van der Waals surface area contributed by atoms with Gasteiger partial charge in [0.15, 0.2) is 0 Å². The van der Waals surface area contributed by atoms with Crippen LogP contribution >= 0.6 is 0 Å². The molecule has 0 bridgehead atoms. The van der Waals surface area contributed by atoms with Gasteiger partial charge in [0.2, 0.25) is 0 Å². The monoisotopic (exact) mass is 304 g/mol. The van der Waals surface area contributed by atoms with Crippen molar-refractivity contribution in [2.24, 2.45) is 5.92 Å². The van der Waals surface area contributed by atoms with E-state index in [9.17, 15) is 14.4 Å². The van der Waals surface area contributed by atoms with E-state index in [2.05, 4.69) is 4.74 Å². The lowest BCUT2D eigenvalue weighted by molar-refractivity contribution is -0.141. The molecule has 8 heteroatoms. The first-order valence-electron chi connectivity index (χ1n) is 6.62. The van der Waals surface area contributed by atoms with Gasteiger partial charge in [-0.25, -0.2) is 4.79 Å². The highest BCUT2D eigenvalue weighted by atomic mass is 16.5. The fourth-order valence-corrected chi connectivity index (χ4v) is 1.64. The summed E-state index contributed by atoms with van der Waals surface area (Å²) in [5.74, 6) is -2.04. The number of nitrogens with zero attached hydrogens (tertiary/aromatic N) is 2. The van der Waals surface area contributed by atoms with Crippen LogP contribution in [0.5, 0.6) is 0 Å². The summed E-state index contributed by atoms with van der Waals surface area (Å²) >= 11 is 0. The molecule has 0 fully saturated rings. The predicted octanol–water partition coefficient (Wildman–Crippen LogP) is 0.270. The normalized spacial score (nSPS) is 11.6. The first kappa shape index (κ1) is 19.2. The average Bonchev–Trinajstić information content (AvgIpc) is 2.45. The molecule has 0 aromatic carbocycles. The molecule has 0 aliphatic heterocycles. The SMILES string of the molecule is COCCN(CCC(=O)OC)C(=O)N(C)CC(C)C(=O)O. The molecule has 0 saturated heterocycles. The molecule has 8 nitrogen and oxygen atoms in total. The van der Waals surface area contributed by atoms with Crippen molar-refractivity contribution in [1.29, 1.82) is 0 Å². The van der Waals surface area contributed by atoms with Crippen molar-refractivity contribution in [2.75, 3.05) is 47.5 Å². The second-order valence-electron chi connectivity index (χ2n) is 4.71. The number of carbonyl (C=O) groups is 3. The predicted molar refractivity (Wildman–Crippen MR) is 74.9 cm³/mol. The van der Waals surface area contributed by atoms with E-state index in [0.29, 0.717) is 13.2 Å². The molecular weight excluding hydrogens is 280 g/mol. The number of hydrogen-bond acceptors (Lipinski definition) is 5. The van der Waals surface area contributed by atoms with Crippen LogP contribution in [-0.2, 0) is 19.1 Å². The third-order valence-electron chi connectivity index (χ3n) is 2.95. The highest BCUT2D eigenvalue weighted by molar-refractivity contribution is 5.77. The van der Waals surface area contributed by atoms with Gasteiger partial charge in [0, 0.05) is 33.8 Å². The van der Waals surface area contributed by atoms with Gasteiger partial charge in [-0.05, 0) is 0 Å². The number of hydrogen-bond donors (Lipinski definition) is 1. The molecule has 0 aliphatic rings. The molecule has 0 radical (unpaired) electrons. The Balaban J connectivity index is 4.60. The Morgan fingerprint density at radius 3 is 2.29 bits per heavy atom. The zero-order chi connectivity index (χ0) is 16.4. The molecule has 2 amide bonds. The van der Waals surface area contributed by atoms with Gasteiger partial charge in [-0.15, -0.1) is 0 Å². The number of methoxy groups -OCH3 is 2. The van der Waals surface area contributed by atoms with Crippen LogP contribution in [-0.4, -0.2) is 80.4 Å². The summed E-state index contributed by atoms with van der Waals surface area (Å²) in [7, 11) is 4.32. The number of amides is 2. The van der Waals surface area contributed by atoms with Crippen molar-refractivity contribution in [3.05, 3.63) is 0 Å². The standard InChI is InChI=1S/C13H24N2O6/c1-10(12(17)18)9-14(2)13(19)15(7-8-20-3)6-5-11(16)21-4/h10H,5-9H2,1-4H3,(H,17,18). The number of urea groups is 1. The van der Waals surface area contributed by atoms with Gasteiger partial charge in [0.25, 0.3) is 0 Å². The van der Waals surface area contributed by atoms with E-state index in [1.165, 1.54) is 38.0 Å². The molecule has 1 atom stereocenters. The van der Waals surface area contributed by atoms with Crippen LogP contribution < -0.4 is 0 Å². The fraction of sp³-hybridized carbons (Fsp3) is 0.769. The summed E-state index contributed by atoms with van der Waals surface area (Å²) in [5.41, 5.74) is 0. The van der Waals surface area contributed by atoms with E-state index in [1.807, 2.05) is 0 Å². The zero-order valence-corrected chi connectivity index (χ0v) is 13.0. The van der Waals surface area contributed by atoms with E-state index in [-0.39, 0.29) is 25.5 Å². The number of esters is 1. The number of carboxylic acid groups (broad SMARTS) is 1. The Morgan fingerprint density at radius 1 is 1.19 bits per heavy atom. The van der Waals surface area contributed by atoms with E-state index in [0.717, 1.165) is 0 Å². The molecule has 1 N–H and O–H groups in total. The molecule has 0 aromatic rings. The summed E-state index contributed by atoms with van der Waals surface area (Å²) < 4.78 is 9.47. The first-order chi connectivity index (χ1) is 9.83. The lowest BCUT2D eigenvalue weighted by Crippen LogP contribution is -2.45. The van der Waals surface area contributed by atoms with Gasteiger partial charge in [-0.3, -0.25) is 9.59 Å². The Labute approximate surface area is 124 Å². The Morgan fingerprint density at radius 2 is 1.81 bits per heavy atom. The van der Waals surface area contributed by atoms with Crippen molar-refractivity contribution in [3.8, 4) is 0 Å². The van der Waals surface area contributed by atoms with Crippen molar-refractivity contribution in [3.63, 3.8) is 0 Å². The van der Waals surface area contributed by atoms with E-state index < -0.39 is 17.9 Å². The molecule has 0 aromatic heterocycles. The summed E-state index contributed by atoms with van der Waals surface area (Å²) in [5, 5.41) is 8.87. The molecule has 0 saturated carbocycles. The zero-order valence-electron chi connectivity index (χ0n) is 13.0. The van der Waals surface area contributed by atoms with Crippen molar-refractivity contribution in [2.45, 2.75) is 13.3 Å². The summed E-state index contributed by atoms with van der Waals surface area (Å²) in [6.45, 7) is 2.46. The van der Waals surface area contributed by atoms with Crippen LogP contribution in [0.15, 0.2) is 0 Å². The van der Waals surface area contributed by atoms with E-state index in [4.69, 9.17) is 9.84 Å². The van der Waals surface area contributed by atoms with Gasteiger partial charge in [-0.1, -0.05) is 6.92 Å². The van der Waals surface area contributed by atoms with Gasteiger partial charge in [0.05, 0.1) is 26.1 Å². The highest BCUT2D eigenvalue weighted by Gasteiger charge is 2.22. The lowest BCUT2D eigenvalue weighted by atomic mass is 10.2. The maximum Gasteiger partial charge on any atom is 0.319 e. The van der Waals surface area contributed by atoms with E-state index >= 15 is 0 Å². The third-order valence-corrected chi connectivity index (χ3v) is 2.95. The number of aliphatic carboxylic acids is 1. The highest BCUT2D eigenvalue weighted by Crippen LogP contribution is 2.04. The largest absolute Gasteiger partial charge is 0.481 e. The third kappa shape index (κ3) is 7.50. The summed E-state index contributed by atoms with van der Waals surface area (Å²) in [6, 6.07) is -0.343. The van der Waals surface area contributed by atoms with Crippen molar-refractivity contribution in [1.82, 2.24) is 9.80 Å². The molecule has 0 rings (SSSR count). The Bertz CT molecular complexity index is 361. The topological polar surface area (TPSA) is 96.4 Å². The summed E-state index contributed by atoms with van der Waals surface area (Å²) in [4.78, 5) is 37.0. The number of carbonyl (C=O) groups excluding carboxylic acids is 2. The number of carboxylic acids is 1. The van der Waals surface area contributed by atoms with Crippen LogP contribution in [0.1, 0.15) is 13.3 Å². The molecule has 122 valence electrons. The van der Waals surface area contributed by atoms with Gasteiger partial charge in [-0.2, -0.15) is 0 Å². The van der Waals surface area contributed by atoms with Crippen LogP contribution in [0.4, 0.5) is 4.79 Å². The molecular formula is C13H24N2O6. The second kappa shape index (κ2) is 9.98. The van der Waals surface area contributed by atoms with Gasteiger partial charge < -0.3 is 24.4 Å². The van der Waals surface area contributed by atoms with E-state index in [1.54, 1.807) is 0 Å². The van der Waals surface area contributed by atoms with Gasteiger partial charge in [0.1, 0.15) is 0 Å². The van der Waals surface area contributed by atoms with Crippen LogP contribution in [0.3, 0.4) is 0 Å². The minimum atomic E-state index is -0.965. The minimum absolute atomic E-state index is 0.0777. The van der Waals surface area contributed by atoms with Crippen molar-refractivity contribution >= 4 is 18.0 Å². The molecule has 21 heavy (non-hydrogen) atoms. The van der Waals surface area contributed by atoms with Crippen LogP contribution in [0.25, 0.3) is 0 Å². The molecule has 1 unspecified atom stereocenters. The van der Waals surface area contributed by atoms with Gasteiger partial charge >= 0.3 is 18.0 Å². The molecule has 0 spiro atoms. The number of ether oxygens (including phenoxy) is 2. The maximum atomic E-state index is 12.3. The second-order valence-corrected chi connectivity index (χ2v) is 4.71. The average molecular weight is 304 g/mol. The minimum Gasteiger partial charge on any atom is -0.481 e. The fourth-order valence-electron chi connectivity index (χ4n) is 1.64. The van der Waals surface area contributed by atoms with Crippen LogP contribution in [0.2, 0.25) is 0 Å². The molecule has 0 aliphatic carbocycles. The Kier molecular flexibility index (Phi) is 9.11. The maximum absolute atomic E-state index is 12.3. The number of rotatable bonds is 9. The Hall–Kier alpha value is -1.83. The molecule has 0 heterocycles. The summed E-state index contributed by atoms with van der Waals surface area (Å²) in [6.07, 6.45) is 0.0777. The van der Waals surface area contributed by atoms with Crippen molar-refractivity contribution < 1.29 is 29.0 Å². The lowest BCUT2D eigenvalue weighted by Gasteiger charge is -2.28.